The standard InChI is InChI=1S/C72H119NO8/c1-6-8-10-12-14-16-18-20-22-24-26-28-30-31-32-33-34-35-36-37-38-39-41-43-45-47-49-51-53-55-57-59-61-63-70(75)81-68(67-80-72(71(76)77)78-65-64-73(3,4)5)66-79-69(74)62-60-58-56-54-52-50-48-46-44-42-40-29-27-25-23-21-19-17-15-13-11-9-7-2/h8,10,14,16,19-22,25-28,31-32,34-35,37-38,41,43,47,49,68,72H,6-7,9,11-13,15,17-18,23-24,29-30,33,36,39-40,42,44-46,48,50-67H2,1-5H3/p+1/b10-8-,16-14-,21-19-,22-20-,27-25-,28-26-,32-31-,35-34-,38-37-,43-41-,49-47-. The van der Waals surface area contributed by atoms with Crippen molar-refractivity contribution in [2.75, 3.05) is 47.5 Å². The minimum absolute atomic E-state index is 0.176. The number of hydrogen-bond donors (Lipinski definition) is 1. The maximum atomic E-state index is 12.9. The smallest absolute Gasteiger partial charge is 0.361 e. The molecular weight excluding hydrogens is 1010 g/mol. The molecule has 1 N–H and O–H groups in total. The highest BCUT2D eigenvalue weighted by atomic mass is 16.7. The van der Waals surface area contributed by atoms with Gasteiger partial charge in [-0.15, -0.1) is 0 Å². The summed E-state index contributed by atoms with van der Waals surface area (Å²) in [5.41, 5.74) is 0. The molecule has 9 heteroatoms. The molecule has 9 nitrogen and oxygen atoms in total. The molecule has 0 heterocycles. The monoisotopic (exact) mass is 1130 g/mol. The lowest BCUT2D eigenvalue weighted by atomic mass is 10.0. The van der Waals surface area contributed by atoms with Crippen molar-refractivity contribution in [2.24, 2.45) is 0 Å². The quantitative estimate of drug-likeness (QED) is 0.0211. The molecule has 2 unspecified atom stereocenters. The summed E-state index contributed by atoms with van der Waals surface area (Å²) in [6.45, 7) is 4.72. The number of unbranched alkanes of at least 4 members (excludes halogenated alkanes) is 21. The molecule has 0 aromatic rings. The summed E-state index contributed by atoms with van der Waals surface area (Å²) >= 11 is 0. The summed E-state index contributed by atoms with van der Waals surface area (Å²) in [6, 6.07) is 0. The topological polar surface area (TPSA) is 108 Å². The van der Waals surface area contributed by atoms with Crippen LogP contribution in [-0.4, -0.2) is 87.4 Å². The third-order valence-electron chi connectivity index (χ3n) is 13.4. The molecule has 2 atom stereocenters. The number of likely N-dealkylation sites (N-methyl/N-ethyl adjacent to an activating group) is 1. The van der Waals surface area contributed by atoms with Gasteiger partial charge in [-0.3, -0.25) is 9.59 Å². The number of carbonyl (C=O) groups is 3. The molecule has 0 radical (unpaired) electrons. The highest BCUT2D eigenvalue weighted by Gasteiger charge is 2.25. The molecule has 0 aliphatic rings. The zero-order valence-corrected chi connectivity index (χ0v) is 52.4. The zero-order chi connectivity index (χ0) is 59.1. The molecule has 460 valence electrons. The summed E-state index contributed by atoms with van der Waals surface area (Å²) in [5, 5.41) is 9.73. The fourth-order valence-electron chi connectivity index (χ4n) is 8.45. The van der Waals surface area contributed by atoms with Gasteiger partial charge in [0.2, 0.25) is 0 Å². The first-order valence-corrected chi connectivity index (χ1v) is 32.3. The molecule has 0 spiro atoms. The van der Waals surface area contributed by atoms with Crippen LogP contribution in [0.4, 0.5) is 0 Å². The van der Waals surface area contributed by atoms with Gasteiger partial charge < -0.3 is 28.5 Å². The van der Waals surface area contributed by atoms with Gasteiger partial charge in [-0.05, 0) is 116 Å². The Hall–Kier alpha value is -4.57. The van der Waals surface area contributed by atoms with Gasteiger partial charge in [0.05, 0.1) is 34.4 Å². The summed E-state index contributed by atoms with van der Waals surface area (Å²) < 4.78 is 22.9. The number of quaternary nitrogens is 1. The summed E-state index contributed by atoms with van der Waals surface area (Å²) in [6.07, 6.45) is 85.4. The first-order valence-electron chi connectivity index (χ1n) is 32.3. The second kappa shape index (κ2) is 61.5. The molecule has 0 aliphatic carbocycles. The van der Waals surface area contributed by atoms with Crippen molar-refractivity contribution in [2.45, 2.75) is 257 Å². The number of aliphatic carboxylic acids is 1. The van der Waals surface area contributed by atoms with Gasteiger partial charge in [-0.1, -0.05) is 250 Å². The number of esters is 2. The average Bonchev–Trinajstić information content (AvgIpc) is 3.44. The number of hydrogen-bond acceptors (Lipinski definition) is 7. The third-order valence-corrected chi connectivity index (χ3v) is 13.4. The van der Waals surface area contributed by atoms with E-state index in [1.165, 1.54) is 96.3 Å². The molecular formula is C72H120NO8+. The molecule has 0 aromatic heterocycles. The predicted octanol–water partition coefficient (Wildman–Crippen LogP) is 19.8. The molecule has 81 heavy (non-hydrogen) atoms. The van der Waals surface area contributed by atoms with Crippen LogP contribution in [0, 0.1) is 0 Å². The number of nitrogens with zero attached hydrogens (tertiary/aromatic N) is 1. The van der Waals surface area contributed by atoms with E-state index in [0.717, 1.165) is 116 Å². The van der Waals surface area contributed by atoms with Crippen LogP contribution in [0.3, 0.4) is 0 Å². The Balaban J connectivity index is 4.28. The fraction of sp³-hybridized carbons (Fsp3) is 0.653. The summed E-state index contributed by atoms with van der Waals surface area (Å²) in [7, 11) is 5.96. The van der Waals surface area contributed by atoms with Crippen LogP contribution in [0.25, 0.3) is 0 Å². The first-order chi connectivity index (χ1) is 39.6. The highest BCUT2D eigenvalue weighted by molar-refractivity contribution is 5.71. The second-order valence-corrected chi connectivity index (χ2v) is 22.3. The minimum atomic E-state index is -1.53. The number of rotatable bonds is 58. The van der Waals surface area contributed by atoms with Gasteiger partial charge in [0.1, 0.15) is 13.2 Å². The molecule has 0 bridgehead atoms. The van der Waals surface area contributed by atoms with E-state index in [2.05, 4.69) is 148 Å². The van der Waals surface area contributed by atoms with Gasteiger partial charge >= 0.3 is 17.9 Å². The van der Waals surface area contributed by atoms with E-state index in [-0.39, 0.29) is 38.6 Å². The molecule has 0 rings (SSSR count). The Kier molecular flexibility index (Phi) is 58.0. The van der Waals surface area contributed by atoms with Crippen molar-refractivity contribution in [3.8, 4) is 0 Å². The van der Waals surface area contributed by atoms with Crippen LogP contribution >= 0.6 is 0 Å². The summed E-state index contributed by atoms with van der Waals surface area (Å²) in [4.78, 5) is 37.5. The van der Waals surface area contributed by atoms with E-state index in [1.807, 2.05) is 21.1 Å². The fourth-order valence-corrected chi connectivity index (χ4v) is 8.45. The molecule has 0 aromatic carbocycles. The van der Waals surface area contributed by atoms with Crippen LogP contribution in [0.15, 0.2) is 134 Å². The van der Waals surface area contributed by atoms with E-state index in [0.29, 0.717) is 17.4 Å². The second-order valence-electron chi connectivity index (χ2n) is 22.3. The van der Waals surface area contributed by atoms with E-state index in [9.17, 15) is 19.5 Å². The van der Waals surface area contributed by atoms with E-state index < -0.39 is 24.3 Å². The Bertz CT molecular complexity index is 1790. The van der Waals surface area contributed by atoms with Crippen LogP contribution in [0.2, 0.25) is 0 Å². The van der Waals surface area contributed by atoms with E-state index in [1.54, 1.807) is 0 Å². The van der Waals surface area contributed by atoms with Crippen LogP contribution in [-0.2, 0) is 33.3 Å². The number of allylic oxidation sites excluding steroid dienone is 22. The van der Waals surface area contributed by atoms with Gasteiger partial charge in [0.25, 0.3) is 6.29 Å². The van der Waals surface area contributed by atoms with Crippen LogP contribution in [0.5, 0.6) is 0 Å². The van der Waals surface area contributed by atoms with Crippen molar-refractivity contribution >= 4 is 17.9 Å². The van der Waals surface area contributed by atoms with Crippen molar-refractivity contribution in [3.05, 3.63) is 134 Å². The minimum Gasteiger partial charge on any atom is -0.477 e. The number of carboxylic acids is 1. The normalized spacial score (nSPS) is 13.6. The van der Waals surface area contributed by atoms with Crippen molar-refractivity contribution in [1.82, 2.24) is 0 Å². The lowest BCUT2D eigenvalue weighted by Gasteiger charge is -2.25. The third kappa shape index (κ3) is 62.9. The molecule has 0 saturated heterocycles. The van der Waals surface area contributed by atoms with Crippen LogP contribution < -0.4 is 0 Å². The lowest BCUT2D eigenvalue weighted by molar-refractivity contribution is -0.870. The molecule has 0 saturated carbocycles. The van der Waals surface area contributed by atoms with Gasteiger partial charge in [0, 0.05) is 12.8 Å². The Labute approximate surface area is 497 Å². The van der Waals surface area contributed by atoms with Gasteiger partial charge in [-0.2, -0.15) is 0 Å². The maximum absolute atomic E-state index is 12.9. The number of carboxylic acid groups (broad SMARTS) is 1. The van der Waals surface area contributed by atoms with Crippen LogP contribution in [0.1, 0.15) is 245 Å². The Morgan fingerprint density at radius 2 is 0.704 bits per heavy atom. The van der Waals surface area contributed by atoms with Crippen molar-refractivity contribution in [3.63, 3.8) is 0 Å². The molecule has 0 aliphatic heterocycles. The maximum Gasteiger partial charge on any atom is 0.361 e. The number of ether oxygens (including phenoxy) is 4. The van der Waals surface area contributed by atoms with Crippen molar-refractivity contribution in [1.29, 1.82) is 0 Å². The molecule has 0 amide bonds. The predicted molar refractivity (Wildman–Crippen MR) is 345 cm³/mol. The average molecular weight is 1130 g/mol. The Morgan fingerprint density at radius 3 is 1.05 bits per heavy atom. The van der Waals surface area contributed by atoms with Gasteiger partial charge in [0.15, 0.2) is 6.10 Å². The summed E-state index contributed by atoms with van der Waals surface area (Å²) in [5.74, 6) is -2.04. The largest absolute Gasteiger partial charge is 0.477 e. The van der Waals surface area contributed by atoms with E-state index in [4.69, 9.17) is 18.9 Å². The van der Waals surface area contributed by atoms with Gasteiger partial charge in [-0.25, -0.2) is 4.79 Å². The zero-order valence-electron chi connectivity index (χ0n) is 52.4. The Morgan fingerprint density at radius 1 is 0.383 bits per heavy atom. The lowest BCUT2D eigenvalue weighted by Crippen LogP contribution is -2.40. The number of carbonyl (C=O) groups excluding carboxylic acids is 2. The van der Waals surface area contributed by atoms with Crippen molar-refractivity contribution < 1.29 is 42.9 Å². The first kappa shape index (κ1) is 76.4. The molecule has 0 fully saturated rings. The van der Waals surface area contributed by atoms with E-state index >= 15 is 0 Å². The SMILES string of the molecule is CC/C=C\C/C=C\C/C=C\C/C=C\C/C=C\C/C=C\C/C=C\C/C=C\C/C=C\CCCCCCCC(=O)OC(COC(=O)CCCCCCCCCCCCC/C=C\C/C=C\CCCCCCC)COC(OCC[N+](C)(C)C)C(=O)O. The highest BCUT2D eigenvalue weighted by Crippen LogP contribution is 2.15.